The number of rotatable bonds is 3. The minimum absolute atomic E-state index is 0.0228. The number of nitrogen functional groups attached to an aromatic ring is 1. The standard InChI is InChI=1S/C11H9FN4O3/c1-6-5-14-11(13)15-10(6)19-9-3-2-7(12)4-8(9)16(17)18/h2-5H,1H3,(H2,13,14,15). The number of aryl methyl sites for hydroxylation is 1. The molecule has 8 heteroatoms. The average Bonchev–Trinajstić information content (AvgIpc) is 2.35. The first kappa shape index (κ1) is 12.7. The van der Waals surface area contributed by atoms with Gasteiger partial charge < -0.3 is 10.5 Å². The van der Waals surface area contributed by atoms with Crippen LogP contribution >= 0.6 is 0 Å². The van der Waals surface area contributed by atoms with E-state index in [0.29, 0.717) is 5.56 Å². The summed E-state index contributed by atoms with van der Waals surface area (Å²) in [7, 11) is 0. The van der Waals surface area contributed by atoms with Gasteiger partial charge in [-0.05, 0) is 19.1 Å². The summed E-state index contributed by atoms with van der Waals surface area (Å²) in [5.41, 5.74) is 5.47. The fourth-order valence-electron chi connectivity index (χ4n) is 1.37. The lowest BCUT2D eigenvalue weighted by molar-refractivity contribution is -0.385. The number of hydrogen-bond donors (Lipinski definition) is 1. The van der Waals surface area contributed by atoms with Gasteiger partial charge in [0.15, 0.2) is 0 Å². The number of aromatic nitrogens is 2. The Kier molecular flexibility index (Phi) is 3.23. The minimum Gasteiger partial charge on any atom is -0.431 e. The molecular formula is C11H9FN4O3. The molecule has 0 aliphatic carbocycles. The number of benzene rings is 1. The molecule has 2 aromatic rings. The first-order chi connectivity index (χ1) is 8.97. The zero-order valence-electron chi connectivity index (χ0n) is 9.83. The van der Waals surface area contributed by atoms with Gasteiger partial charge in [0.05, 0.1) is 11.0 Å². The normalized spacial score (nSPS) is 10.2. The summed E-state index contributed by atoms with van der Waals surface area (Å²) in [5.74, 6) is -0.779. The van der Waals surface area contributed by atoms with Crippen LogP contribution in [0.4, 0.5) is 16.0 Å². The number of anilines is 1. The number of nitro benzene ring substituents is 1. The molecule has 0 atom stereocenters. The number of ether oxygens (including phenoxy) is 1. The molecule has 2 rings (SSSR count). The molecule has 0 bridgehead atoms. The van der Waals surface area contributed by atoms with Crippen LogP contribution in [0, 0.1) is 22.9 Å². The van der Waals surface area contributed by atoms with E-state index in [-0.39, 0.29) is 17.6 Å². The van der Waals surface area contributed by atoms with E-state index in [1.165, 1.54) is 6.20 Å². The summed E-state index contributed by atoms with van der Waals surface area (Å²) in [6, 6.07) is 2.99. The molecule has 98 valence electrons. The van der Waals surface area contributed by atoms with Gasteiger partial charge in [-0.1, -0.05) is 0 Å². The second-order valence-corrected chi connectivity index (χ2v) is 3.69. The smallest absolute Gasteiger partial charge is 0.314 e. The van der Waals surface area contributed by atoms with Crippen LogP contribution in [-0.4, -0.2) is 14.9 Å². The number of nitrogens with zero attached hydrogens (tertiary/aromatic N) is 3. The van der Waals surface area contributed by atoms with E-state index in [1.807, 2.05) is 0 Å². The Hall–Kier alpha value is -2.77. The Morgan fingerprint density at radius 3 is 2.89 bits per heavy atom. The maximum absolute atomic E-state index is 13.0. The Bertz CT molecular complexity index is 648. The molecule has 2 N–H and O–H groups in total. The van der Waals surface area contributed by atoms with Crippen molar-refractivity contribution in [3.05, 3.63) is 45.9 Å². The van der Waals surface area contributed by atoms with Crippen LogP contribution in [0.2, 0.25) is 0 Å². The summed E-state index contributed by atoms with van der Waals surface area (Å²) in [4.78, 5) is 17.6. The third-order valence-electron chi connectivity index (χ3n) is 2.27. The van der Waals surface area contributed by atoms with Crippen LogP contribution in [0.5, 0.6) is 11.6 Å². The number of halogens is 1. The van der Waals surface area contributed by atoms with Gasteiger partial charge in [-0.2, -0.15) is 4.98 Å². The molecule has 7 nitrogen and oxygen atoms in total. The van der Waals surface area contributed by atoms with Crippen molar-refractivity contribution in [1.82, 2.24) is 9.97 Å². The van der Waals surface area contributed by atoms with Crippen molar-refractivity contribution in [2.75, 3.05) is 5.73 Å². The van der Waals surface area contributed by atoms with Gasteiger partial charge in [-0.15, -0.1) is 0 Å². The van der Waals surface area contributed by atoms with Crippen molar-refractivity contribution in [2.24, 2.45) is 0 Å². The highest BCUT2D eigenvalue weighted by Gasteiger charge is 2.18. The predicted molar refractivity (Wildman–Crippen MR) is 64.3 cm³/mol. The SMILES string of the molecule is Cc1cnc(N)nc1Oc1ccc(F)cc1[N+](=O)[O-]. The topological polar surface area (TPSA) is 104 Å². The maximum atomic E-state index is 13.0. The first-order valence-corrected chi connectivity index (χ1v) is 5.18. The molecule has 19 heavy (non-hydrogen) atoms. The second kappa shape index (κ2) is 4.84. The van der Waals surface area contributed by atoms with Gasteiger partial charge in [-0.25, -0.2) is 9.37 Å². The largest absolute Gasteiger partial charge is 0.431 e. The molecular weight excluding hydrogens is 255 g/mol. The monoisotopic (exact) mass is 264 g/mol. The number of nitrogens with two attached hydrogens (primary N) is 1. The quantitative estimate of drug-likeness (QED) is 0.673. The lowest BCUT2D eigenvalue weighted by Gasteiger charge is -2.07. The van der Waals surface area contributed by atoms with Crippen LogP contribution in [0.25, 0.3) is 0 Å². The highest BCUT2D eigenvalue weighted by Crippen LogP contribution is 2.32. The molecule has 1 aromatic carbocycles. The minimum atomic E-state index is -0.738. The fraction of sp³-hybridized carbons (Fsp3) is 0.0909. The lowest BCUT2D eigenvalue weighted by atomic mass is 10.3. The van der Waals surface area contributed by atoms with Gasteiger partial charge in [0, 0.05) is 11.8 Å². The predicted octanol–water partition coefficient (Wildman–Crippen LogP) is 2.21. The van der Waals surface area contributed by atoms with Crippen LogP contribution in [0.3, 0.4) is 0 Å². The average molecular weight is 264 g/mol. The summed E-state index contributed by atoms with van der Waals surface area (Å²) in [6.07, 6.45) is 1.42. The lowest BCUT2D eigenvalue weighted by Crippen LogP contribution is -2.00. The molecule has 0 fully saturated rings. The Morgan fingerprint density at radius 2 is 2.21 bits per heavy atom. The first-order valence-electron chi connectivity index (χ1n) is 5.18. The van der Waals surface area contributed by atoms with Crippen molar-refractivity contribution in [1.29, 1.82) is 0 Å². The second-order valence-electron chi connectivity index (χ2n) is 3.69. The molecule has 0 spiro atoms. The number of hydrogen-bond acceptors (Lipinski definition) is 6. The molecule has 1 aromatic heterocycles. The van der Waals surface area contributed by atoms with E-state index in [4.69, 9.17) is 10.5 Å². The summed E-state index contributed by atoms with van der Waals surface area (Å²) in [5, 5.41) is 10.8. The van der Waals surface area contributed by atoms with Crippen LogP contribution in [0.15, 0.2) is 24.4 Å². The fourth-order valence-corrected chi connectivity index (χ4v) is 1.37. The molecule has 0 saturated heterocycles. The highest BCUT2D eigenvalue weighted by molar-refractivity contribution is 5.48. The third-order valence-corrected chi connectivity index (χ3v) is 2.27. The molecule has 0 saturated carbocycles. The molecule has 0 aliphatic rings. The molecule has 0 aliphatic heterocycles. The Labute approximate surface area is 107 Å². The zero-order chi connectivity index (χ0) is 14.0. The number of nitro groups is 1. The van der Waals surface area contributed by atoms with Gasteiger partial charge in [0.2, 0.25) is 17.6 Å². The van der Waals surface area contributed by atoms with E-state index in [9.17, 15) is 14.5 Å². The van der Waals surface area contributed by atoms with E-state index < -0.39 is 16.4 Å². The van der Waals surface area contributed by atoms with E-state index >= 15 is 0 Å². The summed E-state index contributed by atoms with van der Waals surface area (Å²) < 4.78 is 18.3. The summed E-state index contributed by atoms with van der Waals surface area (Å²) >= 11 is 0. The van der Waals surface area contributed by atoms with Crippen molar-refractivity contribution in [2.45, 2.75) is 6.92 Å². The van der Waals surface area contributed by atoms with Gasteiger partial charge in [0.1, 0.15) is 5.82 Å². The highest BCUT2D eigenvalue weighted by atomic mass is 19.1. The van der Waals surface area contributed by atoms with Gasteiger partial charge in [-0.3, -0.25) is 10.1 Å². The van der Waals surface area contributed by atoms with E-state index in [0.717, 1.165) is 18.2 Å². The van der Waals surface area contributed by atoms with Crippen molar-refractivity contribution < 1.29 is 14.1 Å². The van der Waals surface area contributed by atoms with Gasteiger partial charge in [0.25, 0.3) is 0 Å². The molecule has 1 heterocycles. The maximum Gasteiger partial charge on any atom is 0.314 e. The molecule has 0 radical (unpaired) electrons. The third kappa shape index (κ3) is 2.73. The Balaban J connectivity index is 2.43. The van der Waals surface area contributed by atoms with Crippen molar-refractivity contribution >= 4 is 11.6 Å². The Morgan fingerprint density at radius 1 is 1.47 bits per heavy atom. The van der Waals surface area contributed by atoms with Gasteiger partial charge >= 0.3 is 5.69 Å². The van der Waals surface area contributed by atoms with Crippen LogP contribution in [-0.2, 0) is 0 Å². The van der Waals surface area contributed by atoms with Crippen molar-refractivity contribution in [3.8, 4) is 11.6 Å². The van der Waals surface area contributed by atoms with Crippen molar-refractivity contribution in [3.63, 3.8) is 0 Å². The molecule has 0 unspecified atom stereocenters. The van der Waals surface area contributed by atoms with Crippen LogP contribution < -0.4 is 10.5 Å². The summed E-state index contributed by atoms with van der Waals surface area (Å²) in [6.45, 7) is 1.66. The van der Waals surface area contributed by atoms with Crippen LogP contribution in [0.1, 0.15) is 5.56 Å². The van der Waals surface area contributed by atoms with E-state index in [2.05, 4.69) is 9.97 Å². The zero-order valence-corrected chi connectivity index (χ0v) is 9.83. The molecule has 0 amide bonds. The van der Waals surface area contributed by atoms with E-state index in [1.54, 1.807) is 6.92 Å².